The molecule has 0 aliphatic carbocycles. The number of aromatic nitrogens is 5. The average Bonchev–Trinajstić information content (AvgIpc) is 3.44. The fourth-order valence-corrected chi connectivity index (χ4v) is 4.55. The van der Waals surface area contributed by atoms with Gasteiger partial charge in [-0.25, -0.2) is 23.4 Å². The summed E-state index contributed by atoms with van der Waals surface area (Å²) in [6, 6.07) is 12.5. The van der Waals surface area contributed by atoms with E-state index in [4.69, 9.17) is 14.8 Å². The second-order valence-corrected chi connectivity index (χ2v) is 8.50. The average molecular weight is 450 g/mol. The van der Waals surface area contributed by atoms with Crippen molar-refractivity contribution < 1.29 is 13.5 Å². The lowest BCUT2D eigenvalue weighted by Gasteiger charge is -2.26. The smallest absolute Gasteiger partial charge is 0.270 e. The first kappa shape index (κ1) is 21.3. The molecule has 6 nitrogen and oxygen atoms in total. The van der Waals surface area contributed by atoms with Crippen LogP contribution in [0.15, 0.2) is 55.0 Å². The summed E-state index contributed by atoms with van der Waals surface area (Å²) in [5.41, 5.74) is 3.25. The third-order valence-corrected chi connectivity index (χ3v) is 6.11. The second kappa shape index (κ2) is 8.10. The van der Waals surface area contributed by atoms with Crippen LogP contribution in [-0.4, -0.2) is 31.4 Å². The number of hydrogen-bond donors (Lipinski definition) is 0. The highest BCUT2D eigenvalue weighted by Gasteiger charge is 2.34. The van der Waals surface area contributed by atoms with E-state index in [9.17, 15) is 8.78 Å². The number of imidazole rings is 1. The fraction of sp³-hybridized carbons (Fsp3) is 0.320. The largest absolute Gasteiger partial charge is 0.495 e. The number of aryl methyl sites for hydroxylation is 2. The third kappa shape index (κ3) is 3.90. The lowest BCUT2D eigenvalue weighted by atomic mass is 9.86. The van der Waals surface area contributed by atoms with Gasteiger partial charge in [-0.1, -0.05) is 24.3 Å². The SMILES string of the molecule is COc1cc(-c2nc3n(n2)CCC[C@@H]3c2ccccc2C(C)(F)F)ccc1-n1cnc(C)c1. The van der Waals surface area contributed by atoms with E-state index in [0.29, 0.717) is 23.7 Å². The molecule has 0 saturated carbocycles. The predicted molar refractivity (Wildman–Crippen MR) is 121 cm³/mol. The van der Waals surface area contributed by atoms with E-state index in [2.05, 4.69) is 4.98 Å². The summed E-state index contributed by atoms with van der Waals surface area (Å²) in [5, 5.41) is 4.71. The molecular weight excluding hydrogens is 424 g/mol. The standard InChI is InChI=1S/C25H25F2N5O/c1-16-14-31(15-28-16)21-11-10-17(13-22(21)33-3)23-29-24-19(8-6-12-32(24)30-23)18-7-4-5-9-20(18)25(2,26)27/h4-5,7,9-11,13-15,19H,6,8,12H2,1-3H3/t19-/m1/s1. The van der Waals surface area contributed by atoms with Gasteiger partial charge in [0.05, 0.1) is 24.8 Å². The Bertz CT molecular complexity index is 1300. The van der Waals surface area contributed by atoms with Crippen LogP contribution < -0.4 is 4.74 Å². The molecular formula is C25H25F2N5O. The number of nitrogens with zero attached hydrogens (tertiary/aromatic N) is 5. The molecule has 170 valence electrons. The molecule has 3 heterocycles. The number of rotatable bonds is 5. The number of methoxy groups -OCH3 is 1. The molecule has 2 aromatic heterocycles. The minimum absolute atomic E-state index is 0.0506. The van der Waals surface area contributed by atoms with E-state index in [1.165, 1.54) is 6.07 Å². The molecule has 33 heavy (non-hydrogen) atoms. The molecule has 0 fully saturated rings. The number of alkyl halides is 2. The molecule has 1 atom stereocenters. The van der Waals surface area contributed by atoms with Crippen LogP contribution >= 0.6 is 0 Å². The topological polar surface area (TPSA) is 57.8 Å². The summed E-state index contributed by atoms with van der Waals surface area (Å²) in [6.07, 6.45) is 5.28. The van der Waals surface area contributed by atoms with Crippen LogP contribution in [0.2, 0.25) is 0 Å². The maximum atomic E-state index is 14.3. The molecule has 0 radical (unpaired) electrons. The summed E-state index contributed by atoms with van der Waals surface area (Å²) in [6.45, 7) is 3.59. The van der Waals surface area contributed by atoms with Crippen LogP contribution in [0.25, 0.3) is 17.1 Å². The van der Waals surface area contributed by atoms with Crippen molar-refractivity contribution >= 4 is 0 Å². The number of benzene rings is 2. The van der Waals surface area contributed by atoms with Gasteiger partial charge >= 0.3 is 0 Å². The highest BCUT2D eigenvalue weighted by molar-refractivity contribution is 5.63. The third-order valence-electron chi connectivity index (χ3n) is 6.11. The lowest BCUT2D eigenvalue weighted by molar-refractivity contribution is 0.0162. The summed E-state index contributed by atoms with van der Waals surface area (Å²) < 4.78 is 38.0. The lowest BCUT2D eigenvalue weighted by Crippen LogP contribution is -2.21. The molecule has 0 saturated heterocycles. The van der Waals surface area contributed by atoms with E-state index < -0.39 is 5.92 Å². The van der Waals surface area contributed by atoms with Gasteiger partial charge in [-0.15, -0.1) is 0 Å². The fourth-order valence-electron chi connectivity index (χ4n) is 4.55. The molecule has 1 aliphatic rings. The number of ether oxygens (including phenoxy) is 1. The first-order valence-corrected chi connectivity index (χ1v) is 11.0. The molecule has 2 aromatic carbocycles. The number of fused-ring (bicyclic) bond motifs is 1. The molecule has 1 aliphatic heterocycles. The van der Waals surface area contributed by atoms with Crippen molar-refractivity contribution in [3.05, 3.63) is 77.6 Å². The van der Waals surface area contributed by atoms with Crippen molar-refractivity contribution in [2.75, 3.05) is 7.11 Å². The van der Waals surface area contributed by atoms with Crippen LogP contribution in [-0.2, 0) is 12.5 Å². The van der Waals surface area contributed by atoms with Crippen LogP contribution in [0, 0.1) is 6.92 Å². The Morgan fingerprint density at radius 1 is 1.15 bits per heavy atom. The minimum Gasteiger partial charge on any atom is -0.495 e. The zero-order valence-electron chi connectivity index (χ0n) is 18.8. The molecule has 0 amide bonds. The zero-order valence-corrected chi connectivity index (χ0v) is 18.8. The van der Waals surface area contributed by atoms with Crippen molar-refractivity contribution in [2.45, 2.75) is 45.1 Å². The summed E-state index contributed by atoms with van der Waals surface area (Å²) in [7, 11) is 1.62. The molecule has 4 aromatic rings. The van der Waals surface area contributed by atoms with Gasteiger partial charge in [0.25, 0.3) is 5.92 Å². The van der Waals surface area contributed by atoms with Gasteiger partial charge in [0, 0.05) is 36.7 Å². The maximum absolute atomic E-state index is 14.3. The van der Waals surface area contributed by atoms with Crippen molar-refractivity contribution in [1.29, 1.82) is 0 Å². The maximum Gasteiger partial charge on any atom is 0.270 e. The van der Waals surface area contributed by atoms with Gasteiger partial charge in [0.15, 0.2) is 5.82 Å². The Balaban J connectivity index is 1.55. The van der Waals surface area contributed by atoms with Crippen LogP contribution in [0.1, 0.15) is 48.3 Å². The van der Waals surface area contributed by atoms with Gasteiger partial charge in [-0.2, -0.15) is 5.10 Å². The van der Waals surface area contributed by atoms with Crippen LogP contribution in [0.5, 0.6) is 5.75 Å². The van der Waals surface area contributed by atoms with Crippen molar-refractivity contribution in [3.63, 3.8) is 0 Å². The summed E-state index contributed by atoms with van der Waals surface area (Å²) in [5.74, 6) is -1.19. The first-order chi connectivity index (χ1) is 15.8. The van der Waals surface area contributed by atoms with E-state index in [0.717, 1.165) is 42.5 Å². The zero-order chi connectivity index (χ0) is 23.2. The number of halogens is 2. The normalized spacial score (nSPS) is 16.0. The van der Waals surface area contributed by atoms with Crippen molar-refractivity contribution in [3.8, 4) is 22.8 Å². The minimum atomic E-state index is -2.92. The quantitative estimate of drug-likeness (QED) is 0.405. The van der Waals surface area contributed by atoms with Gasteiger partial charge in [0.1, 0.15) is 11.6 Å². The molecule has 0 spiro atoms. The molecule has 0 N–H and O–H groups in total. The van der Waals surface area contributed by atoms with Crippen molar-refractivity contribution in [1.82, 2.24) is 24.3 Å². The van der Waals surface area contributed by atoms with Crippen LogP contribution in [0.3, 0.4) is 0 Å². The van der Waals surface area contributed by atoms with Gasteiger partial charge in [0.2, 0.25) is 0 Å². The molecule has 0 unspecified atom stereocenters. The van der Waals surface area contributed by atoms with E-state index in [1.54, 1.807) is 25.6 Å². The van der Waals surface area contributed by atoms with Gasteiger partial charge in [-0.05, 0) is 43.5 Å². The Kier molecular flexibility index (Phi) is 5.23. The van der Waals surface area contributed by atoms with E-state index in [-0.39, 0.29) is 11.5 Å². The molecule has 8 heteroatoms. The van der Waals surface area contributed by atoms with Gasteiger partial charge in [-0.3, -0.25) is 0 Å². The summed E-state index contributed by atoms with van der Waals surface area (Å²) >= 11 is 0. The van der Waals surface area contributed by atoms with Crippen LogP contribution in [0.4, 0.5) is 8.78 Å². The molecule has 5 rings (SSSR count). The Hall–Kier alpha value is -3.55. The van der Waals surface area contributed by atoms with E-state index >= 15 is 0 Å². The number of hydrogen-bond acceptors (Lipinski definition) is 4. The monoisotopic (exact) mass is 449 g/mol. The Morgan fingerprint density at radius 3 is 2.70 bits per heavy atom. The Labute approximate surface area is 190 Å². The summed E-state index contributed by atoms with van der Waals surface area (Å²) in [4.78, 5) is 9.10. The van der Waals surface area contributed by atoms with E-state index in [1.807, 2.05) is 46.6 Å². The van der Waals surface area contributed by atoms with Crippen molar-refractivity contribution in [2.24, 2.45) is 0 Å². The highest BCUT2D eigenvalue weighted by Crippen LogP contribution is 2.40. The first-order valence-electron chi connectivity index (χ1n) is 11.0. The predicted octanol–water partition coefficient (Wildman–Crippen LogP) is 5.49. The second-order valence-electron chi connectivity index (χ2n) is 8.50. The molecule has 0 bridgehead atoms. The Morgan fingerprint density at radius 2 is 1.97 bits per heavy atom. The van der Waals surface area contributed by atoms with Gasteiger partial charge < -0.3 is 9.30 Å². The highest BCUT2D eigenvalue weighted by atomic mass is 19.3.